The normalized spacial score (nSPS) is 20.9. The predicted octanol–water partition coefficient (Wildman–Crippen LogP) is 2.33. The number of sulfonamides is 1. The van der Waals surface area contributed by atoms with Gasteiger partial charge in [-0.05, 0) is 37.1 Å². The molecule has 0 bridgehead atoms. The summed E-state index contributed by atoms with van der Waals surface area (Å²) >= 11 is 5.78. The number of halogens is 4. The third kappa shape index (κ3) is 3.33. The van der Waals surface area contributed by atoms with E-state index in [9.17, 15) is 21.6 Å². The van der Waals surface area contributed by atoms with Crippen molar-refractivity contribution in [3.63, 3.8) is 0 Å². The second-order valence-corrected chi connectivity index (χ2v) is 7.21. The molecule has 0 saturated carbocycles. The maximum atomic E-state index is 12.7. The number of hydrogen-bond acceptors (Lipinski definition) is 3. The molecule has 1 aliphatic rings. The first kappa shape index (κ1) is 16.5. The molecule has 0 radical (unpaired) electrons. The van der Waals surface area contributed by atoms with Gasteiger partial charge in [0.15, 0.2) is 0 Å². The van der Waals surface area contributed by atoms with Crippen LogP contribution >= 0.6 is 11.6 Å². The Hall–Kier alpha value is -0.830. The van der Waals surface area contributed by atoms with Crippen LogP contribution in [-0.2, 0) is 16.2 Å². The molecular weight excluding hydrogens is 329 g/mol. The van der Waals surface area contributed by atoms with Gasteiger partial charge in [0.1, 0.15) is 4.90 Å². The van der Waals surface area contributed by atoms with Crippen LogP contribution in [0.1, 0.15) is 12.0 Å². The summed E-state index contributed by atoms with van der Waals surface area (Å²) in [6.45, 7) is 0.768. The predicted molar refractivity (Wildman–Crippen MR) is 72.4 cm³/mol. The summed E-state index contributed by atoms with van der Waals surface area (Å²) < 4.78 is 64.1. The van der Waals surface area contributed by atoms with E-state index in [1.54, 1.807) is 0 Å². The number of nitrogens with two attached hydrogens (primary N) is 1. The van der Waals surface area contributed by atoms with Gasteiger partial charge < -0.3 is 5.73 Å². The molecule has 0 spiro atoms. The Balaban J connectivity index is 2.41. The zero-order valence-corrected chi connectivity index (χ0v) is 12.5. The van der Waals surface area contributed by atoms with Crippen molar-refractivity contribution in [3.8, 4) is 0 Å². The van der Waals surface area contributed by atoms with E-state index < -0.39 is 26.7 Å². The molecule has 1 fully saturated rings. The van der Waals surface area contributed by atoms with Crippen molar-refractivity contribution < 1.29 is 21.6 Å². The highest BCUT2D eigenvalue weighted by molar-refractivity contribution is 7.89. The Labute approximate surface area is 125 Å². The van der Waals surface area contributed by atoms with Gasteiger partial charge in [-0.3, -0.25) is 0 Å². The molecule has 4 nitrogen and oxygen atoms in total. The molecule has 118 valence electrons. The first-order valence-electron chi connectivity index (χ1n) is 6.23. The van der Waals surface area contributed by atoms with Gasteiger partial charge >= 0.3 is 6.18 Å². The Morgan fingerprint density at radius 2 is 2.05 bits per heavy atom. The smallest absolute Gasteiger partial charge is 0.330 e. The zero-order valence-electron chi connectivity index (χ0n) is 10.9. The monoisotopic (exact) mass is 342 g/mol. The summed E-state index contributed by atoms with van der Waals surface area (Å²) in [5.41, 5.74) is 4.45. The van der Waals surface area contributed by atoms with Crippen LogP contribution < -0.4 is 5.73 Å². The van der Waals surface area contributed by atoms with Crippen LogP contribution in [0.3, 0.4) is 0 Å². The van der Waals surface area contributed by atoms with E-state index in [1.807, 2.05) is 0 Å². The minimum atomic E-state index is -4.63. The van der Waals surface area contributed by atoms with Crippen LogP contribution in [0.15, 0.2) is 23.1 Å². The molecule has 1 heterocycles. The van der Waals surface area contributed by atoms with Crippen LogP contribution in [0.25, 0.3) is 0 Å². The van der Waals surface area contributed by atoms with Crippen LogP contribution in [0.5, 0.6) is 0 Å². The molecule has 2 rings (SSSR count). The fraction of sp³-hybridized carbons (Fsp3) is 0.500. The van der Waals surface area contributed by atoms with E-state index in [1.165, 1.54) is 0 Å². The SMILES string of the molecule is NCC1CCN(S(=O)(=O)c2cc(C(F)(F)F)ccc2Cl)C1. The van der Waals surface area contributed by atoms with Gasteiger partial charge in [0.2, 0.25) is 10.0 Å². The van der Waals surface area contributed by atoms with Crippen molar-refractivity contribution >= 4 is 21.6 Å². The van der Waals surface area contributed by atoms with Crippen LogP contribution in [0.4, 0.5) is 13.2 Å². The van der Waals surface area contributed by atoms with E-state index in [-0.39, 0.29) is 24.0 Å². The minimum Gasteiger partial charge on any atom is -0.330 e. The van der Waals surface area contributed by atoms with Crippen molar-refractivity contribution in [3.05, 3.63) is 28.8 Å². The fourth-order valence-electron chi connectivity index (χ4n) is 2.22. The van der Waals surface area contributed by atoms with Crippen LogP contribution in [0, 0.1) is 5.92 Å². The van der Waals surface area contributed by atoms with Crippen molar-refractivity contribution in [2.75, 3.05) is 19.6 Å². The lowest BCUT2D eigenvalue weighted by atomic mass is 10.1. The molecular formula is C12H14ClF3N2O2S. The largest absolute Gasteiger partial charge is 0.416 e. The molecule has 0 amide bonds. The third-order valence-corrected chi connectivity index (χ3v) is 5.80. The van der Waals surface area contributed by atoms with Crippen molar-refractivity contribution in [1.82, 2.24) is 4.31 Å². The summed E-state index contributed by atoms with van der Waals surface area (Å²) in [6, 6.07) is 2.29. The highest BCUT2D eigenvalue weighted by atomic mass is 35.5. The number of hydrogen-bond donors (Lipinski definition) is 1. The molecule has 21 heavy (non-hydrogen) atoms. The molecule has 0 aliphatic carbocycles. The van der Waals surface area contributed by atoms with Crippen molar-refractivity contribution in [2.45, 2.75) is 17.5 Å². The Bertz CT molecular complexity index is 634. The highest BCUT2D eigenvalue weighted by Crippen LogP contribution is 2.35. The third-order valence-electron chi connectivity index (χ3n) is 3.46. The summed E-state index contributed by atoms with van der Waals surface area (Å²) in [7, 11) is -4.05. The number of alkyl halides is 3. The van der Waals surface area contributed by atoms with E-state index in [0.29, 0.717) is 19.0 Å². The van der Waals surface area contributed by atoms with Gasteiger partial charge in [-0.1, -0.05) is 11.6 Å². The van der Waals surface area contributed by atoms with Gasteiger partial charge in [-0.15, -0.1) is 0 Å². The summed E-state index contributed by atoms with van der Waals surface area (Å²) in [5, 5.41) is -0.223. The second-order valence-electron chi connectivity index (χ2n) is 4.90. The fourth-order valence-corrected chi connectivity index (χ4v) is 4.26. The Morgan fingerprint density at radius 3 is 2.57 bits per heavy atom. The molecule has 1 aromatic carbocycles. The topological polar surface area (TPSA) is 63.4 Å². The maximum Gasteiger partial charge on any atom is 0.416 e. The minimum absolute atomic E-state index is 0.0179. The summed E-state index contributed by atoms with van der Waals surface area (Å²) in [5.74, 6) is 0.0179. The van der Waals surface area contributed by atoms with E-state index in [2.05, 4.69) is 0 Å². The van der Waals surface area contributed by atoms with Crippen molar-refractivity contribution in [1.29, 1.82) is 0 Å². The van der Waals surface area contributed by atoms with Gasteiger partial charge in [-0.2, -0.15) is 17.5 Å². The lowest BCUT2D eigenvalue weighted by Crippen LogP contribution is -2.30. The molecule has 9 heteroatoms. The maximum absolute atomic E-state index is 12.7. The Kier molecular flexibility index (Phi) is 4.53. The van der Waals surface area contributed by atoms with Gasteiger partial charge in [0, 0.05) is 13.1 Å². The molecule has 1 aliphatic heterocycles. The molecule has 1 saturated heterocycles. The zero-order chi connectivity index (χ0) is 15.8. The molecule has 1 unspecified atom stereocenters. The summed E-state index contributed by atoms with van der Waals surface area (Å²) in [4.78, 5) is -0.517. The molecule has 2 N–H and O–H groups in total. The van der Waals surface area contributed by atoms with E-state index in [0.717, 1.165) is 16.4 Å². The lowest BCUT2D eigenvalue weighted by Gasteiger charge is -2.18. The molecule has 0 aromatic heterocycles. The van der Waals surface area contributed by atoms with Gasteiger partial charge in [-0.25, -0.2) is 8.42 Å². The van der Waals surface area contributed by atoms with Crippen LogP contribution in [-0.4, -0.2) is 32.4 Å². The first-order chi connectivity index (χ1) is 9.66. The molecule has 1 aromatic rings. The highest BCUT2D eigenvalue weighted by Gasteiger charge is 2.36. The van der Waals surface area contributed by atoms with Crippen molar-refractivity contribution in [2.24, 2.45) is 11.7 Å². The first-order valence-corrected chi connectivity index (χ1v) is 8.05. The van der Waals surface area contributed by atoms with Gasteiger partial charge in [0.25, 0.3) is 0 Å². The number of rotatable bonds is 3. The van der Waals surface area contributed by atoms with Gasteiger partial charge in [0.05, 0.1) is 10.6 Å². The Morgan fingerprint density at radius 1 is 1.38 bits per heavy atom. The number of nitrogens with zero attached hydrogens (tertiary/aromatic N) is 1. The average Bonchev–Trinajstić information content (AvgIpc) is 2.87. The lowest BCUT2D eigenvalue weighted by molar-refractivity contribution is -0.137. The van der Waals surface area contributed by atoms with Crippen LogP contribution in [0.2, 0.25) is 5.02 Å². The number of benzene rings is 1. The van der Waals surface area contributed by atoms with E-state index >= 15 is 0 Å². The quantitative estimate of drug-likeness (QED) is 0.917. The average molecular weight is 343 g/mol. The summed E-state index contributed by atoms with van der Waals surface area (Å²) in [6.07, 6.45) is -4.04. The molecule has 1 atom stereocenters. The second kappa shape index (κ2) is 5.75. The van der Waals surface area contributed by atoms with E-state index in [4.69, 9.17) is 17.3 Å². The standard InChI is InChI=1S/C12H14ClF3N2O2S/c13-10-2-1-9(12(14,15)16)5-11(10)21(19,20)18-4-3-8(6-17)7-18/h1-2,5,8H,3-4,6-7,17H2.